The molecule has 6 rings (SSSR count). The second-order valence-corrected chi connectivity index (χ2v) is 10.0. The Morgan fingerprint density at radius 3 is 2.56 bits per heavy atom. The first-order valence-electron chi connectivity index (χ1n) is 11.7. The fourth-order valence-electron chi connectivity index (χ4n) is 6.50. The van der Waals surface area contributed by atoms with E-state index >= 15 is 0 Å². The smallest absolute Gasteiger partial charge is 0.251 e. The summed E-state index contributed by atoms with van der Waals surface area (Å²) in [7, 11) is 0. The molecule has 0 unspecified atom stereocenters. The van der Waals surface area contributed by atoms with Crippen LogP contribution in [0.3, 0.4) is 0 Å². The molecule has 162 valence electrons. The van der Waals surface area contributed by atoms with Gasteiger partial charge < -0.3 is 10.6 Å². The normalized spacial score (nSPS) is 27.3. The second-order valence-electron chi connectivity index (χ2n) is 9.58. The molecule has 1 amide bonds. The van der Waals surface area contributed by atoms with Crippen molar-refractivity contribution in [3.63, 3.8) is 0 Å². The van der Waals surface area contributed by atoms with E-state index in [0.717, 1.165) is 23.0 Å². The zero-order valence-corrected chi connectivity index (χ0v) is 18.7. The van der Waals surface area contributed by atoms with Crippen LogP contribution in [0.1, 0.15) is 58.3 Å². The minimum atomic E-state index is -0.0207. The van der Waals surface area contributed by atoms with Gasteiger partial charge in [-0.25, -0.2) is 0 Å². The van der Waals surface area contributed by atoms with Crippen molar-refractivity contribution in [2.24, 2.45) is 17.8 Å². The van der Waals surface area contributed by atoms with E-state index < -0.39 is 0 Å². The molecule has 1 aliphatic heterocycles. The van der Waals surface area contributed by atoms with E-state index in [2.05, 4.69) is 53.1 Å². The Bertz CT molecular complexity index is 1140. The molecule has 2 bridgehead atoms. The lowest BCUT2D eigenvalue weighted by atomic mass is 9.68. The average molecular weight is 443 g/mol. The summed E-state index contributed by atoms with van der Waals surface area (Å²) in [6.45, 7) is 0.498. The fourth-order valence-corrected chi connectivity index (χ4v) is 6.63. The van der Waals surface area contributed by atoms with Gasteiger partial charge in [-0.2, -0.15) is 0 Å². The van der Waals surface area contributed by atoms with Gasteiger partial charge >= 0.3 is 0 Å². The predicted octanol–water partition coefficient (Wildman–Crippen LogP) is 6.57. The highest BCUT2D eigenvalue weighted by molar-refractivity contribution is 6.30. The van der Waals surface area contributed by atoms with Gasteiger partial charge in [-0.3, -0.25) is 4.79 Å². The number of anilines is 1. The molecule has 2 fully saturated rings. The summed E-state index contributed by atoms with van der Waals surface area (Å²) in [6.07, 6.45) is 3.99. The third-order valence-corrected chi connectivity index (χ3v) is 8.13. The molecule has 0 spiro atoms. The van der Waals surface area contributed by atoms with Gasteiger partial charge in [0, 0.05) is 22.8 Å². The highest BCUT2D eigenvalue weighted by atomic mass is 35.5. The summed E-state index contributed by atoms with van der Waals surface area (Å²) in [6, 6.07) is 25.1. The summed E-state index contributed by atoms with van der Waals surface area (Å²) < 4.78 is 0. The van der Waals surface area contributed by atoms with Crippen molar-refractivity contribution >= 4 is 23.2 Å². The number of nitrogens with one attached hydrogen (secondary N) is 2. The molecule has 0 radical (unpaired) electrons. The van der Waals surface area contributed by atoms with E-state index in [1.54, 1.807) is 0 Å². The number of carbonyl (C=O) groups is 1. The molecule has 3 aromatic carbocycles. The van der Waals surface area contributed by atoms with Gasteiger partial charge in [0.05, 0.1) is 6.04 Å². The van der Waals surface area contributed by atoms with Gasteiger partial charge in [0.2, 0.25) is 0 Å². The van der Waals surface area contributed by atoms with Crippen LogP contribution in [0, 0.1) is 17.8 Å². The summed E-state index contributed by atoms with van der Waals surface area (Å²) >= 11 is 5.96. The lowest BCUT2D eigenvalue weighted by Gasteiger charge is -2.43. The monoisotopic (exact) mass is 442 g/mol. The van der Waals surface area contributed by atoms with Crippen LogP contribution < -0.4 is 10.6 Å². The lowest BCUT2D eigenvalue weighted by Crippen LogP contribution is -2.35. The Morgan fingerprint density at radius 1 is 0.969 bits per heavy atom. The Hall–Kier alpha value is -2.78. The number of halogens is 1. The number of amides is 1. The summed E-state index contributed by atoms with van der Waals surface area (Å²) in [5, 5.41) is 7.63. The van der Waals surface area contributed by atoms with Gasteiger partial charge in [-0.15, -0.1) is 0 Å². The van der Waals surface area contributed by atoms with Crippen LogP contribution in [0.15, 0.2) is 72.8 Å². The van der Waals surface area contributed by atoms with E-state index in [9.17, 15) is 4.79 Å². The van der Waals surface area contributed by atoms with E-state index in [1.807, 2.05) is 30.3 Å². The molecule has 2 aliphatic carbocycles. The standard InChI is InChI=1S/C28H27ClN2O/c29-22-11-6-17(7-12-22)16-30-28(32)21-10-13-24-23(15-21)25-19-8-9-20(14-19)26(25)27(31-24)18-4-2-1-3-5-18/h1-7,10-13,15,19-20,25-27,31H,8-9,14,16H2,(H,30,32)/t19-,20-,25-,26-,27-/m0/s1. The van der Waals surface area contributed by atoms with E-state index in [0.29, 0.717) is 29.4 Å². The zero-order valence-electron chi connectivity index (χ0n) is 17.9. The molecular weight excluding hydrogens is 416 g/mol. The molecule has 4 heteroatoms. The number of benzene rings is 3. The molecule has 2 N–H and O–H groups in total. The second kappa shape index (κ2) is 7.97. The maximum atomic E-state index is 13.0. The number of rotatable bonds is 4. The first-order chi connectivity index (χ1) is 15.7. The molecule has 5 atom stereocenters. The van der Waals surface area contributed by atoms with Crippen molar-refractivity contribution in [1.29, 1.82) is 0 Å². The maximum absolute atomic E-state index is 13.0. The summed E-state index contributed by atoms with van der Waals surface area (Å²) in [5.41, 5.74) is 5.71. The highest BCUT2D eigenvalue weighted by Gasteiger charge is 2.53. The topological polar surface area (TPSA) is 41.1 Å². The SMILES string of the molecule is O=C(NCc1ccc(Cl)cc1)c1ccc2c(c1)[C@@H]1[C@H]3CC[C@@H](C3)[C@@H]1[C@H](c1ccccc1)N2. The van der Waals surface area contributed by atoms with Crippen molar-refractivity contribution in [2.75, 3.05) is 5.32 Å². The number of hydrogen-bond acceptors (Lipinski definition) is 2. The van der Waals surface area contributed by atoms with Gasteiger partial charge in [-0.1, -0.05) is 54.1 Å². The molecular formula is C28H27ClN2O. The molecule has 2 saturated carbocycles. The van der Waals surface area contributed by atoms with Gasteiger partial charge in [0.15, 0.2) is 0 Å². The largest absolute Gasteiger partial charge is 0.378 e. The van der Waals surface area contributed by atoms with Crippen LogP contribution in [0.5, 0.6) is 0 Å². The molecule has 1 heterocycles. The van der Waals surface area contributed by atoms with E-state index in [1.165, 1.54) is 36.1 Å². The van der Waals surface area contributed by atoms with Gasteiger partial charge in [0.25, 0.3) is 5.91 Å². The van der Waals surface area contributed by atoms with Crippen molar-refractivity contribution in [3.8, 4) is 0 Å². The Kier molecular flexibility index (Phi) is 4.95. The Morgan fingerprint density at radius 2 is 1.75 bits per heavy atom. The molecule has 0 saturated heterocycles. The van der Waals surface area contributed by atoms with Crippen LogP contribution >= 0.6 is 11.6 Å². The zero-order chi connectivity index (χ0) is 21.7. The minimum Gasteiger partial charge on any atom is -0.378 e. The number of carbonyl (C=O) groups excluding carboxylic acids is 1. The van der Waals surface area contributed by atoms with E-state index in [-0.39, 0.29) is 5.91 Å². The lowest BCUT2D eigenvalue weighted by molar-refractivity contribution is 0.0950. The van der Waals surface area contributed by atoms with Crippen LogP contribution in [0.2, 0.25) is 5.02 Å². The van der Waals surface area contributed by atoms with Gasteiger partial charge in [-0.05, 0) is 90.0 Å². The molecule has 3 nitrogen and oxygen atoms in total. The van der Waals surface area contributed by atoms with Crippen LogP contribution in [0.4, 0.5) is 5.69 Å². The van der Waals surface area contributed by atoms with Crippen molar-refractivity contribution < 1.29 is 4.79 Å². The minimum absolute atomic E-state index is 0.0207. The Balaban J connectivity index is 1.28. The molecule has 0 aromatic heterocycles. The van der Waals surface area contributed by atoms with Crippen LogP contribution in [-0.2, 0) is 6.54 Å². The van der Waals surface area contributed by atoms with Gasteiger partial charge in [0.1, 0.15) is 0 Å². The molecule has 32 heavy (non-hydrogen) atoms. The number of hydrogen-bond donors (Lipinski definition) is 2. The van der Waals surface area contributed by atoms with Crippen LogP contribution in [0.25, 0.3) is 0 Å². The maximum Gasteiger partial charge on any atom is 0.251 e. The first-order valence-corrected chi connectivity index (χ1v) is 12.0. The first kappa shape index (κ1) is 19.9. The molecule has 3 aromatic rings. The quantitative estimate of drug-likeness (QED) is 0.480. The summed E-state index contributed by atoms with van der Waals surface area (Å²) in [5.74, 6) is 2.64. The molecule has 3 aliphatic rings. The third kappa shape index (κ3) is 3.40. The fraction of sp³-hybridized carbons (Fsp3) is 0.321. The highest BCUT2D eigenvalue weighted by Crippen LogP contribution is 2.63. The van der Waals surface area contributed by atoms with Crippen LogP contribution in [-0.4, -0.2) is 5.91 Å². The average Bonchev–Trinajstić information content (AvgIpc) is 3.46. The predicted molar refractivity (Wildman–Crippen MR) is 129 cm³/mol. The van der Waals surface area contributed by atoms with Crippen molar-refractivity contribution in [3.05, 3.63) is 100 Å². The summed E-state index contributed by atoms with van der Waals surface area (Å²) in [4.78, 5) is 13.0. The third-order valence-electron chi connectivity index (χ3n) is 7.87. The van der Waals surface area contributed by atoms with Crippen molar-refractivity contribution in [2.45, 2.75) is 37.8 Å². The van der Waals surface area contributed by atoms with E-state index in [4.69, 9.17) is 11.6 Å². The van der Waals surface area contributed by atoms with Crippen molar-refractivity contribution in [1.82, 2.24) is 5.32 Å². The Labute approximate surface area is 194 Å². The number of fused-ring (bicyclic) bond motifs is 7.